The topological polar surface area (TPSA) is 61.4 Å². The minimum atomic E-state index is -0.625. The van der Waals surface area contributed by atoms with Crippen LogP contribution in [0.3, 0.4) is 0 Å². The fraction of sp³-hybridized carbons (Fsp3) is 0.300. The van der Waals surface area contributed by atoms with Gasteiger partial charge in [-0.25, -0.2) is 9.59 Å². The SMILES string of the molecule is Cc1cccc(C)c1OCCCCn1c(=O)oc(=O)c2cc(Br)ccc21. The van der Waals surface area contributed by atoms with Gasteiger partial charge in [-0.15, -0.1) is 0 Å². The quantitative estimate of drug-likeness (QED) is 0.564. The fourth-order valence-corrected chi connectivity index (χ4v) is 3.34. The molecule has 0 aliphatic rings. The average Bonchev–Trinajstić information content (AvgIpc) is 2.59. The zero-order chi connectivity index (χ0) is 18.7. The Hall–Kier alpha value is -2.34. The van der Waals surface area contributed by atoms with Gasteiger partial charge in [-0.1, -0.05) is 34.1 Å². The van der Waals surface area contributed by atoms with Crippen LogP contribution in [0, 0.1) is 13.8 Å². The third-order valence-electron chi connectivity index (χ3n) is 4.30. The van der Waals surface area contributed by atoms with Gasteiger partial charge in [0.15, 0.2) is 0 Å². The molecule has 0 fully saturated rings. The highest BCUT2D eigenvalue weighted by Gasteiger charge is 2.10. The maximum absolute atomic E-state index is 12.1. The molecular weight excluding hydrogens is 398 g/mol. The van der Waals surface area contributed by atoms with Gasteiger partial charge in [0.05, 0.1) is 17.5 Å². The molecule has 1 aromatic heterocycles. The second-order valence-electron chi connectivity index (χ2n) is 6.25. The number of hydrogen-bond acceptors (Lipinski definition) is 4. The number of rotatable bonds is 6. The summed E-state index contributed by atoms with van der Waals surface area (Å²) in [4.78, 5) is 23.9. The normalized spacial score (nSPS) is 11.0. The molecule has 136 valence electrons. The van der Waals surface area contributed by atoms with E-state index in [2.05, 4.69) is 15.9 Å². The summed E-state index contributed by atoms with van der Waals surface area (Å²) in [5.41, 5.74) is 2.20. The molecule has 3 aromatic rings. The van der Waals surface area contributed by atoms with E-state index in [1.165, 1.54) is 4.57 Å². The third-order valence-corrected chi connectivity index (χ3v) is 4.79. The van der Waals surface area contributed by atoms with Crippen molar-refractivity contribution >= 4 is 26.8 Å². The van der Waals surface area contributed by atoms with E-state index in [-0.39, 0.29) is 0 Å². The number of halogens is 1. The minimum absolute atomic E-state index is 0.394. The van der Waals surface area contributed by atoms with E-state index >= 15 is 0 Å². The molecule has 0 N–H and O–H groups in total. The van der Waals surface area contributed by atoms with Crippen LogP contribution in [0.5, 0.6) is 5.75 Å². The first-order chi connectivity index (χ1) is 12.5. The molecule has 0 saturated carbocycles. The number of aryl methyl sites for hydroxylation is 3. The van der Waals surface area contributed by atoms with Crippen molar-refractivity contribution in [3.05, 3.63) is 73.0 Å². The molecule has 0 aliphatic heterocycles. The maximum Gasteiger partial charge on any atom is 0.422 e. The van der Waals surface area contributed by atoms with Gasteiger partial charge in [-0.05, 0) is 56.0 Å². The molecule has 6 heteroatoms. The smallest absolute Gasteiger partial charge is 0.422 e. The van der Waals surface area contributed by atoms with Crippen LogP contribution < -0.4 is 16.1 Å². The summed E-state index contributed by atoms with van der Waals surface area (Å²) in [7, 11) is 0. The van der Waals surface area contributed by atoms with Crippen LogP contribution in [0.25, 0.3) is 10.9 Å². The molecule has 2 aromatic carbocycles. The van der Waals surface area contributed by atoms with Gasteiger partial charge in [0.2, 0.25) is 0 Å². The summed E-state index contributed by atoms with van der Waals surface area (Å²) in [5, 5.41) is 0.394. The first-order valence-electron chi connectivity index (χ1n) is 8.49. The standard InChI is InChI=1S/C20H20BrNO4/c1-13-6-5-7-14(2)18(13)25-11-4-3-10-22-17-9-8-15(21)12-16(17)19(23)26-20(22)24/h5-9,12H,3-4,10-11H2,1-2H3. The van der Waals surface area contributed by atoms with Crippen LogP contribution in [0.1, 0.15) is 24.0 Å². The van der Waals surface area contributed by atoms with Crippen molar-refractivity contribution in [1.29, 1.82) is 0 Å². The zero-order valence-electron chi connectivity index (χ0n) is 14.8. The van der Waals surface area contributed by atoms with Crippen molar-refractivity contribution in [2.24, 2.45) is 0 Å². The average molecular weight is 418 g/mol. The number of benzene rings is 2. The first-order valence-corrected chi connectivity index (χ1v) is 9.29. The van der Waals surface area contributed by atoms with E-state index in [1.807, 2.05) is 38.1 Å². The van der Waals surface area contributed by atoms with Gasteiger partial charge >= 0.3 is 11.4 Å². The predicted molar refractivity (Wildman–Crippen MR) is 105 cm³/mol. The van der Waals surface area contributed by atoms with E-state index in [0.717, 1.165) is 34.2 Å². The van der Waals surface area contributed by atoms with Gasteiger partial charge in [-0.3, -0.25) is 4.57 Å². The number of para-hydroxylation sites is 1. The lowest BCUT2D eigenvalue weighted by atomic mass is 10.1. The molecule has 0 aliphatic carbocycles. The molecule has 0 radical (unpaired) electrons. The van der Waals surface area contributed by atoms with Crippen LogP contribution in [-0.4, -0.2) is 11.2 Å². The highest BCUT2D eigenvalue weighted by molar-refractivity contribution is 9.10. The molecule has 3 rings (SSSR count). The van der Waals surface area contributed by atoms with Crippen molar-refractivity contribution in [3.8, 4) is 5.75 Å². The highest BCUT2D eigenvalue weighted by Crippen LogP contribution is 2.22. The summed E-state index contributed by atoms with van der Waals surface area (Å²) < 4.78 is 13.0. The molecule has 26 heavy (non-hydrogen) atoms. The largest absolute Gasteiger partial charge is 0.493 e. The van der Waals surface area contributed by atoms with Gasteiger partial charge < -0.3 is 9.15 Å². The Kier molecular flexibility index (Phi) is 5.61. The second kappa shape index (κ2) is 7.91. The fourth-order valence-electron chi connectivity index (χ4n) is 2.98. The van der Waals surface area contributed by atoms with E-state index in [4.69, 9.17) is 9.15 Å². The monoisotopic (exact) mass is 417 g/mol. The van der Waals surface area contributed by atoms with E-state index in [9.17, 15) is 9.59 Å². The highest BCUT2D eigenvalue weighted by atomic mass is 79.9. The lowest BCUT2D eigenvalue weighted by Gasteiger charge is -2.12. The number of unbranched alkanes of at least 4 members (excludes halogenated alkanes) is 1. The summed E-state index contributed by atoms with van der Waals surface area (Å²) in [6.45, 7) is 5.09. The number of hydrogen-bond donors (Lipinski definition) is 0. The number of nitrogens with zero attached hydrogens (tertiary/aromatic N) is 1. The second-order valence-corrected chi connectivity index (χ2v) is 7.16. The summed E-state index contributed by atoms with van der Waals surface area (Å²) >= 11 is 3.33. The molecule has 0 spiro atoms. The Morgan fingerprint density at radius 3 is 2.54 bits per heavy atom. The Morgan fingerprint density at radius 2 is 1.81 bits per heavy atom. The summed E-state index contributed by atoms with van der Waals surface area (Å²) in [5.74, 6) is 0.297. The van der Waals surface area contributed by atoms with Crippen LogP contribution >= 0.6 is 15.9 Å². The Morgan fingerprint density at radius 1 is 1.08 bits per heavy atom. The lowest BCUT2D eigenvalue weighted by molar-refractivity contribution is 0.297. The lowest BCUT2D eigenvalue weighted by Crippen LogP contribution is -2.25. The third kappa shape index (κ3) is 3.90. The minimum Gasteiger partial charge on any atom is -0.493 e. The van der Waals surface area contributed by atoms with E-state index in [1.54, 1.807) is 12.1 Å². The molecule has 0 unspecified atom stereocenters. The Balaban J connectivity index is 1.67. The molecule has 0 bridgehead atoms. The van der Waals surface area contributed by atoms with Crippen LogP contribution in [0.2, 0.25) is 0 Å². The number of fused-ring (bicyclic) bond motifs is 1. The summed E-state index contributed by atoms with van der Waals surface area (Å²) in [6.07, 6.45) is 1.53. The molecule has 0 amide bonds. The molecule has 5 nitrogen and oxygen atoms in total. The number of aromatic nitrogens is 1. The van der Waals surface area contributed by atoms with Crippen molar-refractivity contribution in [2.75, 3.05) is 6.61 Å². The predicted octanol–water partition coefficient (Wildman–Crippen LogP) is 4.19. The van der Waals surface area contributed by atoms with Crippen LogP contribution in [-0.2, 0) is 6.54 Å². The van der Waals surface area contributed by atoms with Gasteiger partial charge in [0, 0.05) is 11.0 Å². The molecule has 0 saturated heterocycles. The van der Waals surface area contributed by atoms with Crippen molar-refractivity contribution < 1.29 is 9.15 Å². The van der Waals surface area contributed by atoms with Crippen molar-refractivity contribution in [3.63, 3.8) is 0 Å². The van der Waals surface area contributed by atoms with Crippen molar-refractivity contribution in [1.82, 2.24) is 4.57 Å². The van der Waals surface area contributed by atoms with Gasteiger partial charge in [0.25, 0.3) is 0 Å². The van der Waals surface area contributed by atoms with Crippen LogP contribution in [0.4, 0.5) is 0 Å². The zero-order valence-corrected chi connectivity index (χ0v) is 16.3. The molecule has 1 heterocycles. The van der Waals surface area contributed by atoms with Crippen molar-refractivity contribution in [2.45, 2.75) is 33.2 Å². The van der Waals surface area contributed by atoms with E-state index in [0.29, 0.717) is 24.1 Å². The van der Waals surface area contributed by atoms with Gasteiger partial charge in [-0.2, -0.15) is 0 Å². The molecule has 0 atom stereocenters. The van der Waals surface area contributed by atoms with E-state index < -0.39 is 11.4 Å². The maximum atomic E-state index is 12.1. The Labute approximate surface area is 159 Å². The van der Waals surface area contributed by atoms with Crippen LogP contribution in [0.15, 0.2) is 54.9 Å². The molecular formula is C20H20BrNO4. The van der Waals surface area contributed by atoms with Gasteiger partial charge in [0.1, 0.15) is 5.75 Å². The summed E-state index contributed by atoms with van der Waals surface area (Å²) in [6, 6.07) is 11.3. The number of ether oxygens (including phenoxy) is 1. The first kappa shape index (κ1) is 18.5. The Bertz CT molecular complexity index is 1030.